The van der Waals surface area contributed by atoms with Gasteiger partial charge in [-0.15, -0.1) is 30.7 Å². The number of phenolic OH excluding ortho intramolecular Hbond substituents is 1. The first kappa shape index (κ1) is 51.3. The largest absolute Gasteiger partial charge is 0.505 e. The molecule has 0 saturated heterocycles. The molecule has 0 fully saturated rings. The number of nitriles is 1. The third kappa shape index (κ3) is 10.2. The van der Waals surface area contributed by atoms with Crippen molar-refractivity contribution in [2.24, 2.45) is 30.7 Å². The fraction of sp³-hybridized carbons (Fsp3) is 0.125. The Hall–Kier alpha value is -8.07. The second kappa shape index (κ2) is 18.8. The van der Waals surface area contributed by atoms with Gasteiger partial charge in [0.25, 0.3) is 46.2 Å². The van der Waals surface area contributed by atoms with E-state index in [2.05, 4.69) is 40.7 Å². The molecule has 73 heavy (non-hydrogen) atoms. The van der Waals surface area contributed by atoms with E-state index in [1.165, 1.54) is 30.4 Å². The molecule has 0 atom stereocenters. The highest BCUT2D eigenvalue weighted by atomic mass is 32.2. The lowest BCUT2D eigenvalue weighted by molar-refractivity contribution is -0.384. The number of nitro groups is 1. The maximum atomic E-state index is 13.1. The standard InChI is InChI=1S/C40H29N11O17S5/c1-18-12-27(29(68-10-5-11-70(56,57)58)16-26(18)45-49-40-43-34-30(69-40)13-20(51(54)55)14-31(34)71(59,60)61)46-48-35-32(72(62,63)64)15-22-21(36(35)52)8-9-25(37(22)73(65,66)67)44-47-33-19(2)23(17-41)38-42-24-6-3-4-7-28(24)50(38)39(33)53/h3-4,6-9,12-16,52-53H,5,10-11H2,1-2H3,(H,56,57,58)(H,59,60,61)(H,62,63,64)(H,65,66,67). The van der Waals surface area contributed by atoms with Gasteiger partial charge in [-0.05, 0) is 62.2 Å². The van der Waals surface area contributed by atoms with Crippen molar-refractivity contribution in [1.82, 2.24) is 14.4 Å². The molecule has 0 aliphatic rings. The maximum absolute atomic E-state index is 13.1. The zero-order chi connectivity index (χ0) is 53.1. The highest BCUT2D eigenvalue weighted by Gasteiger charge is 2.29. The first-order valence-electron chi connectivity index (χ1n) is 20.0. The molecule has 0 aliphatic heterocycles. The van der Waals surface area contributed by atoms with Crippen LogP contribution in [0.5, 0.6) is 17.4 Å². The number of aromatic nitrogens is 3. The second-order valence-electron chi connectivity index (χ2n) is 15.3. The Morgan fingerprint density at radius 2 is 1.44 bits per heavy atom. The number of fused-ring (bicyclic) bond motifs is 5. The average Bonchev–Trinajstić information content (AvgIpc) is 3.90. The highest BCUT2D eigenvalue weighted by Crippen LogP contribution is 2.47. The maximum Gasteiger partial charge on any atom is 0.297 e. The van der Waals surface area contributed by atoms with Crippen molar-refractivity contribution >= 4 is 129 Å². The first-order chi connectivity index (χ1) is 34.2. The number of ether oxygens (including phenoxy) is 1. The Morgan fingerprint density at radius 3 is 2.10 bits per heavy atom. The van der Waals surface area contributed by atoms with Crippen molar-refractivity contribution in [3.05, 3.63) is 93.5 Å². The summed E-state index contributed by atoms with van der Waals surface area (Å²) in [6.07, 6.45) is -0.303. The molecular formula is C40H29N11O17S5. The zero-order valence-corrected chi connectivity index (χ0v) is 40.7. The summed E-state index contributed by atoms with van der Waals surface area (Å²) >= 11 is 0.660. The Labute approximate surface area is 413 Å². The summed E-state index contributed by atoms with van der Waals surface area (Å²) in [6.45, 7) is 2.42. The molecule has 33 heteroatoms. The van der Waals surface area contributed by atoms with Gasteiger partial charge in [0.2, 0.25) is 11.0 Å². The number of nitrogens with zero attached hydrogens (tertiary/aromatic N) is 11. The molecule has 0 amide bonds. The average molecular weight is 1100 g/mol. The Bertz CT molecular complexity index is 4320. The van der Waals surface area contributed by atoms with Crippen LogP contribution in [-0.2, 0) is 40.5 Å². The van der Waals surface area contributed by atoms with Gasteiger partial charge in [0, 0.05) is 34.5 Å². The van der Waals surface area contributed by atoms with Crippen LogP contribution in [0.25, 0.3) is 37.7 Å². The minimum atomic E-state index is -5.49. The van der Waals surface area contributed by atoms with E-state index in [0.29, 0.717) is 34.5 Å². The van der Waals surface area contributed by atoms with E-state index in [1.54, 1.807) is 24.3 Å². The normalized spacial score (nSPS) is 12.9. The van der Waals surface area contributed by atoms with Gasteiger partial charge in [0.15, 0.2) is 17.1 Å². The molecule has 3 aromatic heterocycles. The molecule has 0 aliphatic carbocycles. The molecule has 28 nitrogen and oxygen atoms in total. The van der Waals surface area contributed by atoms with Crippen LogP contribution in [0, 0.1) is 35.3 Å². The number of para-hydroxylation sites is 2. The number of phenols is 1. The summed E-state index contributed by atoms with van der Waals surface area (Å²) in [7, 11) is -20.4. The molecule has 5 aromatic carbocycles. The lowest BCUT2D eigenvalue weighted by Gasteiger charge is -2.13. The molecule has 6 N–H and O–H groups in total. The van der Waals surface area contributed by atoms with Crippen molar-refractivity contribution in [2.75, 3.05) is 12.4 Å². The smallest absolute Gasteiger partial charge is 0.297 e. The lowest BCUT2D eigenvalue weighted by atomic mass is 10.1. The molecule has 3 heterocycles. The monoisotopic (exact) mass is 1100 g/mol. The van der Waals surface area contributed by atoms with Crippen molar-refractivity contribution in [3.63, 3.8) is 0 Å². The third-order valence-corrected chi connectivity index (χ3v) is 14.9. The minimum Gasteiger partial charge on any atom is -0.505 e. The third-order valence-electron chi connectivity index (χ3n) is 10.5. The van der Waals surface area contributed by atoms with Crippen molar-refractivity contribution in [3.8, 4) is 23.4 Å². The predicted octanol–water partition coefficient (Wildman–Crippen LogP) is 8.70. The Morgan fingerprint density at radius 1 is 0.767 bits per heavy atom. The number of benzene rings is 5. The van der Waals surface area contributed by atoms with Gasteiger partial charge < -0.3 is 14.9 Å². The van der Waals surface area contributed by atoms with E-state index in [0.717, 1.165) is 18.2 Å². The molecule has 0 bridgehead atoms. The number of pyridine rings is 1. The molecule has 0 saturated carbocycles. The molecule has 0 spiro atoms. The molecule has 8 aromatic rings. The van der Waals surface area contributed by atoms with Gasteiger partial charge in [0.1, 0.15) is 54.6 Å². The van der Waals surface area contributed by atoms with Crippen LogP contribution in [0.2, 0.25) is 0 Å². The summed E-state index contributed by atoms with van der Waals surface area (Å²) < 4.78 is 146. The van der Waals surface area contributed by atoms with Crippen molar-refractivity contribution in [1.29, 1.82) is 5.26 Å². The number of hydrogen-bond donors (Lipinski definition) is 6. The van der Waals surface area contributed by atoms with E-state index in [9.17, 15) is 77.5 Å². The van der Waals surface area contributed by atoms with Crippen molar-refractivity contribution in [2.45, 2.75) is 35.0 Å². The number of hydrogen-bond acceptors (Lipinski definition) is 23. The molecule has 376 valence electrons. The second-order valence-corrected chi connectivity index (χ2v) is 22.0. The number of aryl methyl sites for hydroxylation is 1. The highest BCUT2D eigenvalue weighted by molar-refractivity contribution is 7.87. The number of rotatable bonds is 15. The summed E-state index contributed by atoms with van der Waals surface area (Å²) in [6, 6.07) is 15.0. The minimum absolute atomic E-state index is 0.0338. The summed E-state index contributed by atoms with van der Waals surface area (Å²) in [5.41, 5.74) is -2.31. The molecular weight excluding hydrogens is 1070 g/mol. The van der Waals surface area contributed by atoms with Gasteiger partial charge in [-0.1, -0.05) is 23.5 Å². The van der Waals surface area contributed by atoms with Gasteiger partial charge in [-0.25, -0.2) is 9.97 Å². The van der Waals surface area contributed by atoms with Crippen LogP contribution in [0.1, 0.15) is 23.1 Å². The number of non-ortho nitro benzene ring substituents is 1. The molecule has 0 unspecified atom stereocenters. The molecule has 0 radical (unpaired) electrons. The Balaban J connectivity index is 1.22. The lowest BCUT2D eigenvalue weighted by Crippen LogP contribution is -2.08. The van der Waals surface area contributed by atoms with Crippen LogP contribution in [0.15, 0.2) is 112 Å². The zero-order valence-electron chi connectivity index (χ0n) is 36.6. The number of imidazole rings is 1. The summed E-state index contributed by atoms with van der Waals surface area (Å²) in [4.78, 5) is 15.7. The van der Waals surface area contributed by atoms with Gasteiger partial charge in [-0.3, -0.25) is 32.7 Å². The quantitative estimate of drug-likeness (QED) is 0.0184. The number of aromatic hydroxyl groups is 2. The fourth-order valence-electron chi connectivity index (χ4n) is 7.26. The SMILES string of the molecule is Cc1cc(N=Nc2c(S(=O)(=O)O)cc3c(S(=O)(=O)O)c(N=Nc4c(C)c(C#N)c5nc6ccccc6n5c4O)ccc3c2O)c(OCCCS(=O)(=O)O)cc1N=Nc1nc2c(S(=O)(=O)O)cc([N+](=O)[O-])cc2s1. The summed E-state index contributed by atoms with van der Waals surface area (Å²) in [5, 5.41) is 66.7. The molecule has 8 rings (SSSR count). The van der Waals surface area contributed by atoms with Crippen LogP contribution >= 0.6 is 11.3 Å². The van der Waals surface area contributed by atoms with E-state index >= 15 is 0 Å². The van der Waals surface area contributed by atoms with Crippen LogP contribution in [-0.4, -0.2) is 93.7 Å². The summed E-state index contributed by atoms with van der Waals surface area (Å²) in [5.74, 6) is -2.74. The van der Waals surface area contributed by atoms with E-state index in [-0.39, 0.29) is 66.9 Å². The predicted molar refractivity (Wildman–Crippen MR) is 255 cm³/mol. The van der Waals surface area contributed by atoms with Crippen LogP contribution in [0.4, 0.5) is 39.3 Å². The van der Waals surface area contributed by atoms with Crippen LogP contribution < -0.4 is 4.74 Å². The topological polar surface area (TPSA) is 438 Å². The van der Waals surface area contributed by atoms with Gasteiger partial charge in [0.05, 0.1) is 38.7 Å². The van der Waals surface area contributed by atoms with E-state index < -0.39 is 112 Å². The van der Waals surface area contributed by atoms with Gasteiger partial charge >= 0.3 is 0 Å². The van der Waals surface area contributed by atoms with Gasteiger partial charge in [-0.2, -0.15) is 38.9 Å². The first-order valence-corrected chi connectivity index (χ1v) is 26.8. The van der Waals surface area contributed by atoms with E-state index in [4.69, 9.17) is 4.74 Å². The van der Waals surface area contributed by atoms with E-state index in [1.807, 2.05) is 6.07 Å². The number of nitro benzene ring substituents is 1. The number of azo groups is 3. The van der Waals surface area contributed by atoms with Crippen molar-refractivity contribution < 1.29 is 71.8 Å². The van der Waals surface area contributed by atoms with Crippen LogP contribution in [0.3, 0.4) is 0 Å². The number of thiazole rings is 1. The fourth-order valence-corrected chi connectivity index (χ4v) is 10.8. The Kier molecular flexibility index (Phi) is 13.2.